The average molecular weight is 267 g/mol. The number of methoxy groups -OCH3 is 1. The molecule has 0 fully saturated rings. The van der Waals surface area contributed by atoms with Gasteiger partial charge in [-0.2, -0.15) is 5.26 Å². The fraction of sp³-hybridized carbons (Fsp3) is 0.125. The van der Waals surface area contributed by atoms with E-state index in [1.165, 1.54) is 7.11 Å². The van der Waals surface area contributed by atoms with Crippen LogP contribution in [0.2, 0.25) is 0 Å². The number of esters is 1. The van der Waals surface area contributed by atoms with Gasteiger partial charge in [0.25, 0.3) is 0 Å². The molecule has 0 saturated heterocycles. The Morgan fingerprint density at radius 2 is 2.00 bits per heavy atom. The maximum Gasteiger partial charge on any atom is 0.338 e. The predicted molar refractivity (Wildman–Crippen MR) is 73.3 cm³/mol. The van der Waals surface area contributed by atoms with E-state index >= 15 is 0 Å². The van der Waals surface area contributed by atoms with Crippen molar-refractivity contribution in [1.29, 1.82) is 5.26 Å². The molecule has 4 nitrogen and oxygen atoms in total. The molecular formula is C16H13NO3. The molecule has 0 aromatic heterocycles. The maximum absolute atomic E-state index is 11.9. The summed E-state index contributed by atoms with van der Waals surface area (Å²) in [4.78, 5) is 11.9. The molecular weight excluding hydrogens is 254 g/mol. The van der Waals surface area contributed by atoms with Gasteiger partial charge in [-0.3, -0.25) is 0 Å². The van der Waals surface area contributed by atoms with Crippen molar-refractivity contribution >= 4 is 5.97 Å². The summed E-state index contributed by atoms with van der Waals surface area (Å²) in [5.74, 6) is 0.178. The van der Waals surface area contributed by atoms with Crippen molar-refractivity contribution in [2.24, 2.45) is 0 Å². The summed E-state index contributed by atoms with van der Waals surface area (Å²) in [6.45, 7) is 0.131. The van der Waals surface area contributed by atoms with Crippen LogP contribution in [0.1, 0.15) is 21.5 Å². The van der Waals surface area contributed by atoms with Crippen LogP contribution in [0.15, 0.2) is 48.5 Å². The third kappa shape index (κ3) is 3.36. The van der Waals surface area contributed by atoms with Gasteiger partial charge in [0.1, 0.15) is 12.4 Å². The normalized spacial score (nSPS) is 9.60. The van der Waals surface area contributed by atoms with Gasteiger partial charge in [0.05, 0.1) is 24.3 Å². The molecule has 0 unspecified atom stereocenters. The van der Waals surface area contributed by atoms with E-state index in [9.17, 15) is 4.79 Å². The summed E-state index contributed by atoms with van der Waals surface area (Å²) >= 11 is 0. The molecule has 2 aromatic rings. The highest BCUT2D eigenvalue weighted by Gasteiger charge is 2.08. The van der Waals surface area contributed by atoms with Gasteiger partial charge in [-0.1, -0.05) is 18.2 Å². The quantitative estimate of drug-likeness (QED) is 0.799. The van der Waals surface area contributed by atoms with Crippen LogP contribution < -0.4 is 4.74 Å². The van der Waals surface area contributed by atoms with Crippen molar-refractivity contribution in [1.82, 2.24) is 0 Å². The first-order valence-corrected chi connectivity index (χ1v) is 6.03. The third-order valence-electron chi connectivity index (χ3n) is 2.73. The number of nitrogens with zero attached hydrogens (tertiary/aromatic N) is 1. The molecule has 0 heterocycles. The lowest BCUT2D eigenvalue weighted by molar-refractivity contribution is 0.0472. The molecule has 0 aliphatic heterocycles. The highest BCUT2D eigenvalue weighted by molar-refractivity contribution is 5.89. The van der Waals surface area contributed by atoms with Gasteiger partial charge in [-0.15, -0.1) is 0 Å². The Morgan fingerprint density at radius 1 is 1.20 bits per heavy atom. The fourth-order valence-corrected chi connectivity index (χ4v) is 1.71. The van der Waals surface area contributed by atoms with Crippen LogP contribution in [-0.2, 0) is 11.3 Å². The number of carbonyl (C=O) groups is 1. The molecule has 0 aliphatic rings. The second-order valence-electron chi connectivity index (χ2n) is 4.12. The summed E-state index contributed by atoms with van der Waals surface area (Å²) in [7, 11) is 1.54. The minimum atomic E-state index is -0.425. The standard InChI is InChI=1S/C16H13NO3/c1-19-15-7-3-6-14(9-15)16(18)20-11-13-5-2-4-12(8-13)10-17/h2-9H,11H2,1H3. The van der Waals surface area contributed by atoms with E-state index in [1.54, 1.807) is 48.5 Å². The van der Waals surface area contributed by atoms with Gasteiger partial charge in [0.15, 0.2) is 0 Å². The SMILES string of the molecule is COc1cccc(C(=O)OCc2cccc(C#N)c2)c1. The van der Waals surface area contributed by atoms with E-state index in [1.807, 2.05) is 6.07 Å². The van der Waals surface area contributed by atoms with Crippen LogP contribution in [0.3, 0.4) is 0 Å². The molecule has 0 saturated carbocycles. The van der Waals surface area contributed by atoms with Crippen molar-refractivity contribution in [3.8, 4) is 11.8 Å². The Bertz CT molecular complexity index is 659. The summed E-state index contributed by atoms with van der Waals surface area (Å²) in [5.41, 5.74) is 1.75. The number of ether oxygens (including phenoxy) is 2. The molecule has 2 aromatic carbocycles. The van der Waals surface area contributed by atoms with Crippen LogP contribution in [-0.4, -0.2) is 13.1 Å². The summed E-state index contributed by atoms with van der Waals surface area (Å²) in [6.07, 6.45) is 0. The largest absolute Gasteiger partial charge is 0.497 e. The van der Waals surface area contributed by atoms with Gasteiger partial charge < -0.3 is 9.47 Å². The minimum Gasteiger partial charge on any atom is -0.497 e. The van der Waals surface area contributed by atoms with Gasteiger partial charge >= 0.3 is 5.97 Å². The first-order valence-electron chi connectivity index (χ1n) is 6.03. The topological polar surface area (TPSA) is 59.3 Å². The summed E-state index contributed by atoms with van der Waals surface area (Å²) in [5, 5.41) is 8.80. The van der Waals surface area contributed by atoms with Crippen molar-refractivity contribution in [2.75, 3.05) is 7.11 Å². The smallest absolute Gasteiger partial charge is 0.338 e. The fourth-order valence-electron chi connectivity index (χ4n) is 1.71. The maximum atomic E-state index is 11.9. The van der Waals surface area contributed by atoms with Crippen molar-refractivity contribution in [3.63, 3.8) is 0 Å². The first kappa shape index (κ1) is 13.6. The van der Waals surface area contributed by atoms with E-state index in [2.05, 4.69) is 0 Å². The van der Waals surface area contributed by atoms with Gasteiger partial charge in [0.2, 0.25) is 0 Å². The minimum absolute atomic E-state index is 0.131. The Balaban J connectivity index is 2.03. The molecule has 0 spiro atoms. The summed E-state index contributed by atoms with van der Waals surface area (Å²) < 4.78 is 10.3. The number of benzene rings is 2. The second kappa shape index (κ2) is 6.39. The number of rotatable bonds is 4. The van der Waals surface area contributed by atoms with Crippen LogP contribution >= 0.6 is 0 Å². The van der Waals surface area contributed by atoms with E-state index < -0.39 is 5.97 Å². The van der Waals surface area contributed by atoms with Gasteiger partial charge in [-0.25, -0.2) is 4.79 Å². The lowest BCUT2D eigenvalue weighted by Gasteiger charge is -2.06. The number of hydrogen-bond donors (Lipinski definition) is 0. The Labute approximate surface area is 117 Å². The summed E-state index contributed by atoms with van der Waals surface area (Å²) in [6, 6.07) is 15.8. The van der Waals surface area contributed by atoms with E-state index in [4.69, 9.17) is 14.7 Å². The molecule has 0 radical (unpaired) electrons. The molecule has 0 amide bonds. The van der Waals surface area contributed by atoms with Crippen molar-refractivity contribution < 1.29 is 14.3 Å². The zero-order valence-electron chi connectivity index (χ0n) is 11.0. The molecule has 2 rings (SSSR count). The van der Waals surface area contributed by atoms with Crippen molar-refractivity contribution in [3.05, 3.63) is 65.2 Å². The molecule has 20 heavy (non-hydrogen) atoms. The Kier molecular flexibility index (Phi) is 4.35. The van der Waals surface area contributed by atoms with Crippen LogP contribution in [0, 0.1) is 11.3 Å². The lowest BCUT2D eigenvalue weighted by Crippen LogP contribution is -2.05. The molecule has 0 N–H and O–H groups in total. The van der Waals surface area contributed by atoms with Gasteiger partial charge in [-0.05, 0) is 35.9 Å². The number of hydrogen-bond acceptors (Lipinski definition) is 4. The molecule has 0 atom stereocenters. The number of nitriles is 1. The van der Waals surface area contributed by atoms with Crippen LogP contribution in [0.5, 0.6) is 5.75 Å². The Hall–Kier alpha value is -2.80. The predicted octanol–water partition coefficient (Wildman–Crippen LogP) is 2.92. The van der Waals surface area contributed by atoms with Crippen molar-refractivity contribution in [2.45, 2.75) is 6.61 Å². The molecule has 100 valence electrons. The second-order valence-corrected chi connectivity index (χ2v) is 4.12. The van der Waals surface area contributed by atoms with E-state index in [-0.39, 0.29) is 6.61 Å². The Morgan fingerprint density at radius 3 is 2.75 bits per heavy atom. The monoisotopic (exact) mass is 267 g/mol. The molecule has 0 bridgehead atoms. The van der Waals surface area contributed by atoms with Crippen LogP contribution in [0.25, 0.3) is 0 Å². The average Bonchev–Trinajstić information content (AvgIpc) is 2.52. The molecule has 4 heteroatoms. The lowest BCUT2D eigenvalue weighted by atomic mass is 10.1. The zero-order valence-corrected chi connectivity index (χ0v) is 11.0. The van der Waals surface area contributed by atoms with E-state index in [0.717, 1.165) is 5.56 Å². The highest BCUT2D eigenvalue weighted by Crippen LogP contribution is 2.14. The van der Waals surface area contributed by atoms with E-state index in [0.29, 0.717) is 16.9 Å². The van der Waals surface area contributed by atoms with Crippen LogP contribution in [0.4, 0.5) is 0 Å². The van der Waals surface area contributed by atoms with Gasteiger partial charge in [0, 0.05) is 0 Å². The highest BCUT2D eigenvalue weighted by atomic mass is 16.5. The number of carbonyl (C=O) groups excluding carboxylic acids is 1. The first-order chi connectivity index (χ1) is 9.72. The zero-order chi connectivity index (χ0) is 14.4. The third-order valence-corrected chi connectivity index (χ3v) is 2.73. The molecule has 0 aliphatic carbocycles.